The van der Waals surface area contributed by atoms with Crippen molar-refractivity contribution in [1.29, 1.82) is 0 Å². The van der Waals surface area contributed by atoms with Gasteiger partial charge in [-0.3, -0.25) is 9.59 Å². The first-order chi connectivity index (χ1) is 9.65. The Kier molecular flexibility index (Phi) is 5.23. The molecule has 5 nitrogen and oxygen atoms in total. The quantitative estimate of drug-likeness (QED) is 0.439. The van der Waals surface area contributed by atoms with Crippen LogP contribution < -0.4 is 5.56 Å². The van der Waals surface area contributed by atoms with Crippen LogP contribution in [0.25, 0.3) is 0 Å². The van der Waals surface area contributed by atoms with Gasteiger partial charge < -0.3 is 9.30 Å². The molecular weight excluding hydrogens is 276 g/mol. The first-order valence-corrected chi connectivity index (χ1v) is 7.87. The topological polar surface area (TPSA) is 61.2 Å². The Morgan fingerprint density at radius 3 is 2.95 bits per heavy atom. The van der Waals surface area contributed by atoms with Crippen LogP contribution in [0.1, 0.15) is 45.1 Å². The fourth-order valence-corrected chi connectivity index (χ4v) is 3.19. The number of thioether (sulfide) groups is 1. The first kappa shape index (κ1) is 15.1. The zero-order chi connectivity index (χ0) is 14.5. The van der Waals surface area contributed by atoms with Crippen molar-refractivity contribution in [3.63, 3.8) is 0 Å². The van der Waals surface area contributed by atoms with Crippen LogP contribution in [0, 0.1) is 0 Å². The molecule has 0 radical (unpaired) electrons. The van der Waals surface area contributed by atoms with Gasteiger partial charge in [0.2, 0.25) is 0 Å². The van der Waals surface area contributed by atoms with Crippen LogP contribution in [0.3, 0.4) is 0 Å². The summed E-state index contributed by atoms with van der Waals surface area (Å²) in [6.07, 6.45) is 6.71. The van der Waals surface area contributed by atoms with E-state index in [1.807, 2.05) is 4.57 Å². The van der Waals surface area contributed by atoms with Gasteiger partial charge in [0.05, 0.1) is 7.11 Å². The minimum Gasteiger partial charge on any atom is -0.468 e. The van der Waals surface area contributed by atoms with Crippen LogP contribution in [0.4, 0.5) is 0 Å². The molecule has 0 N–H and O–H groups in total. The molecule has 0 aromatic carbocycles. The van der Waals surface area contributed by atoms with Gasteiger partial charge in [-0.2, -0.15) is 4.98 Å². The molecule has 1 aromatic heterocycles. The fourth-order valence-electron chi connectivity index (χ4n) is 1.99. The van der Waals surface area contributed by atoms with Gasteiger partial charge in [-0.05, 0) is 19.3 Å². The molecule has 0 amide bonds. The number of methoxy groups -OCH3 is 1. The molecule has 20 heavy (non-hydrogen) atoms. The minimum atomic E-state index is -0.292. The Labute approximate surface area is 122 Å². The molecule has 1 atom stereocenters. The highest BCUT2D eigenvalue weighted by molar-refractivity contribution is 8.00. The van der Waals surface area contributed by atoms with Crippen LogP contribution in [-0.4, -0.2) is 27.9 Å². The van der Waals surface area contributed by atoms with Crippen LogP contribution >= 0.6 is 11.8 Å². The molecule has 1 heterocycles. The molecule has 0 aliphatic heterocycles. The predicted molar refractivity (Wildman–Crippen MR) is 78.0 cm³/mol. The summed E-state index contributed by atoms with van der Waals surface area (Å²) in [4.78, 5) is 27.4. The maximum Gasteiger partial charge on any atom is 0.319 e. The first-order valence-electron chi connectivity index (χ1n) is 6.99. The van der Waals surface area contributed by atoms with Gasteiger partial charge in [0.15, 0.2) is 5.16 Å². The van der Waals surface area contributed by atoms with Gasteiger partial charge in [0.1, 0.15) is 5.25 Å². The van der Waals surface area contributed by atoms with E-state index in [1.165, 1.54) is 24.9 Å². The summed E-state index contributed by atoms with van der Waals surface area (Å²) in [7, 11) is 1.40. The number of nitrogens with zero attached hydrogens (tertiary/aromatic N) is 2. The standard InChI is InChI=1S/C14H20N2O3S/c1-3-4-5-11(13(18)19-2)20-14-15-12(17)8-9-16(14)10-6-7-10/h8-11H,3-7H2,1-2H3/t11-/m0/s1. The number of esters is 1. The smallest absolute Gasteiger partial charge is 0.319 e. The number of rotatable bonds is 7. The lowest BCUT2D eigenvalue weighted by atomic mass is 10.2. The number of carbonyl (C=O) groups excluding carboxylic acids is 1. The maximum atomic E-state index is 11.8. The molecular formula is C14H20N2O3S. The van der Waals surface area contributed by atoms with E-state index in [1.54, 1.807) is 6.20 Å². The van der Waals surface area contributed by atoms with Crippen LogP contribution in [-0.2, 0) is 9.53 Å². The van der Waals surface area contributed by atoms with Crippen LogP contribution in [0.5, 0.6) is 0 Å². The van der Waals surface area contributed by atoms with Crippen molar-refractivity contribution in [1.82, 2.24) is 9.55 Å². The van der Waals surface area contributed by atoms with Gasteiger partial charge in [0.25, 0.3) is 5.56 Å². The number of aromatic nitrogens is 2. The van der Waals surface area contributed by atoms with Crippen molar-refractivity contribution >= 4 is 17.7 Å². The largest absolute Gasteiger partial charge is 0.468 e. The van der Waals surface area contributed by atoms with Crippen molar-refractivity contribution in [2.45, 2.75) is 55.5 Å². The minimum absolute atomic E-state index is 0.246. The highest BCUT2D eigenvalue weighted by Gasteiger charge is 2.28. The third-order valence-electron chi connectivity index (χ3n) is 3.28. The summed E-state index contributed by atoms with van der Waals surface area (Å²) in [6.45, 7) is 2.08. The van der Waals surface area contributed by atoms with Crippen molar-refractivity contribution < 1.29 is 9.53 Å². The Morgan fingerprint density at radius 1 is 1.60 bits per heavy atom. The number of hydrogen-bond donors (Lipinski definition) is 0. The molecule has 1 aliphatic carbocycles. The predicted octanol–water partition coefficient (Wildman–Crippen LogP) is 2.40. The van der Waals surface area contributed by atoms with E-state index in [9.17, 15) is 9.59 Å². The molecule has 1 fully saturated rings. The summed E-state index contributed by atoms with van der Waals surface area (Å²) in [5.74, 6) is -0.246. The molecule has 1 saturated carbocycles. The lowest BCUT2D eigenvalue weighted by molar-refractivity contribution is -0.140. The number of unbranched alkanes of at least 4 members (excludes halogenated alkanes) is 1. The van der Waals surface area contributed by atoms with Crippen LogP contribution in [0.2, 0.25) is 0 Å². The zero-order valence-electron chi connectivity index (χ0n) is 11.9. The maximum absolute atomic E-state index is 11.8. The van der Waals surface area contributed by atoms with E-state index < -0.39 is 0 Å². The third kappa shape index (κ3) is 3.85. The fraction of sp³-hybridized carbons (Fsp3) is 0.643. The SMILES string of the molecule is CCCC[C@H](Sc1nc(=O)ccn1C1CC1)C(=O)OC. The van der Waals surface area contributed by atoms with Gasteiger partial charge in [-0.25, -0.2) is 0 Å². The Balaban J connectivity index is 2.18. The summed E-state index contributed by atoms with van der Waals surface area (Å²) < 4.78 is 6.86. The van der Waals surface area contributed by atoms with E-state index >= 15 is 0 Å². The highest BCUT2D eigenvalue weighted by atomic mass is 32.2. The molecule has 1 aliphatic rings. The van der Waals surface area contributed by atoms with E-state index in [-0.39, 0.29) is 16.8 Å². The van der Waals surface area contributed by atoms with E-state index in [0.717, 1.165) is 32.1 Å². The van der Waals surface area contributed by atoms with Crippen molar-refractivity contribution in [3.05, 3.63) is 22.6 Å². The normalized spacial score (nSPS) is 15.9. The van der Waals surface area contributed by atoms with Crippen LogP contribution in [0.15, 0.2) is 22.2 Å². The molecule has 6 heteroatoms. The van der Waals surface area contributed by atoms with Gasteiger partial charge >= 0.3 is 5.97 Å². The Hall–Kier alpha value is -1.30. The van der Waals surface area contributed by atoms with E-state index in [2.05, 4.69) is 11.9 Å². The third-order valence-corrected chi connectivity index (χ3v) is 4.50. The summed E-state index contributed by atoms with van der Waals surface area (Å²) >= 11 is 1.35. The Morgan fingerprint density at radius 2 is 2.35 bits per heavy atom. The molecule has 2 rings (SSSR count). The summed E-state index contributed by atoms with van der Waals surface area (Å²) in [5, 5.41) is 0.339. The second-order valence-corrected chi connectivity index (χ2v) is 6.13. The molecule has 0 saturated heterocycles. The van der Waals surface area contributed by atoms with Crippen molar-refractivity contribution in [2.75, 3.05) is 7.11 Å². The number of ether oxygens (including phenoxy) is 1. The van der Waals surface area contributed by atoms with Crippen molar-refractivity contribution in [3.8, 4) is 0 Å². The lowest BCUT2D eigenvalue weighted by Gasteiger charge is -2.16. The second kappa shape index (κ2) is 6.92. The van der Waals surface area contributed by atoms with Gasteiger partial charge in [-0.15, -0.1) is 0 Å². The van der Waals surface area contributed by atoms with E-state index in [4.69, 9.17) is 4.74 Å². The molecule has 1 aromatic rings. The van der Waals surface area contributed by atoms with Crippen molar-refractivity contribution in [2.24, 2.45) is 0 Å². The summed E-state index contributed by atoms with van der Waals surface area (Å²) in [5.41, 5.74) is -0.261. The molecule has 0 spiro atoms. The number of hydrogen-bond acceptors (Lipinski definition) is 5. The Bertz CT molecular complexity index is 525. The van der Waals surface area contributed by atoms with Gasteiger partial charge in [0, 0.05) is 18.3 Å². The zero-order valence-corrected chi connectivity index (χ0v) is 12.7. The second-order valence-electron chi connectivity index (χ2n) is 4.96. The molecule has 0 bridgehead atoms. The number of carbonyl (C=O) groups is 1. The summed E-state index contributed by atoms with van der Waals surface area (Å²) in [6, 6.07) is 1.90. The average molecular weight is 296 g/mol. The van der Waals surface area contributed by atoms with E-state index in [0.29, 0.717) is 11.2 Å². The highest BCUT2D eigenvalue weighted by Crippen LogP contribution is 2.38. The molecule has 0 unspecified atom stereocenters. The molecule has 110 valence electrons. The lowest BCUT2D eigenvalue weighted by Crippen LogP contribution is -2.21. The van der Waals surface area contributed by atoms with Gasteiger partial charge in [-0.1, -0.05) is 31.5 Å². The monoisotopic (exact) mass is 296 g/mol. The average Bonchev–Trinajstić information content (AvgIpc) is 3.27.